The summed E-state index contributed by atoms with van der Waals surface area (Å²) in [5, 5.41) is 0.421. The van der Waals surface area contributed by atoms with Gasteiger partial charge >= 0.3 is 0 Å². The minimum Gasteiger partial charge on any atom is -0.123 e. The molecule has 0 aromatic carbocycles. The van der Waals surface area contributed by atoms with Gasteiger partial charge in [-0.3, -0.25) is 0 Å². The third-order valence-corrected chi connectivity index (χ3v) is 1.60. The van der Waals surface area contributed by atoms with Crippen LogP contribution in [0.3, 0.4) is 0 Å². The van der Waals surface area contributed by atoms with Gasteiger partial charge in [-0.1, -0.05) is 12.2 Å². The van der Waals surface area contributed by atoms with Gasteiger partial charge in [0.05, 0.1) is 0 Å². The predicted octanol–water partition coefficient (Wildman–Crippen LogP) is 2.33. The van der Waals surface area contributed by atoms with E-state index in [4.69, 9.17) is 11.6 Å². The van der Waals surface area contributed by atoms with E-state index in [1.165, 1.54) is 6.42 Å². The molecule has 0 radical (unpaired) electrons. The molecule has 0 heterocycles. The van der Waals surface area contributed by atoms with Gasteiger partial charge in [0.2, 0.25) is 0 Å². The van der Waals surface area contributed by atoms with Crippen LogP contribution in [0.4, 0.5) is 0 Å². The molecule has 1 heteroatoms. The van der Waals surface area contributed by atoms with E-state index in [1.54, 1.807) is 0 Å². The van der Waals surface area contributed by atoms with E-state index in [2.05, 4.69) is 12.2 Å². The summed E-state index contributed by atoms with van der Waals surface area (Å²) in [7, 11) is 0. The molecule has 1 rings (SSSR count). The molecule has 0 nitrogen and oxygen atoms in total. The maximum absolute atomic E-state index is 5.77. The zero-order valence-corrected chi connectivity index (χ0v) is 4.99. The molecule has 0 amide bonds. The molecule has 0 spiro atoms. The Morgan fingerprint density at radius 2 is 2.29 bits per heavy atom. The summed E-state index contributed by atoms with van der Waals surface area (Å²) in [6.07, 6.45) is 7.76. The van der Waals surface area contributed by atoms with Crippen LogP contribution < -0.4 is 0 Å². The van der Waals surface area contributed by atoms with E-state index in [1.807, 2.05) is 0 Å². The van der Waals surface area contributed by atoms with E-state index in [0.717, 1.165) is 12.8 Å². The Kier molecular flexibility index (Phi) is 1.75. The van der Waals surface area contributed by atoms with Crippen molar-refractivity contribution < 1.29 is 0 Å². The van der Waals surface area contributed by atoms with Crippen molar-refractivity contribution >= 4 is 11.6 Å². The largest absolute Gasteiger partial charge is 0.123 e. The maximum Gasteiger partial charge on any atom is 0.0373 e. The fourth-order valence-corrected chi connectivity index (χ4v) is 0.986. The molecular weight excluding hydrogens is 108 g/mol. The van der Waals surface area contributed by atoms with Crippen LogP contribution in [-0.4, -0.2) is 5.38 Å². The minimum absolute atomic E-state index is 0.421. The Bertz CT molecular complexity index is 76.2. The second kappa shape index (κ2) is 2.37. The van der Waals surface area contributed by atoms with Gasteiger partial charge in [0.1, 0.15) is 0 Å². The average Bonchev–Trinajstić information content (AvgIpc) is 1.69. The van der Waals surface area contributed by atoms with Gasteiger partial charge in [0.25, 0.3) is 0 Å². The Balaban J connectivity index is 2.32. The van der Waals surface area contributed by atoms with Crippen molar-refractivity contribution in [1.29, 1.82) is 0 Å². The van der Waals surface area contributed by atoms with Crippen LogP contribution in [0, 0.1) is 0 Å². The highest BCUT2D eigenvalue weighted by Gasteiger charge is 2.02. The smallest absolute Gasteiger partial charge is 0.0373 e. The summed E-state index contributed by atoms with van der Waals surface area (Å²) < 4.78 is 0. The van der Waals surface area contributed by atoms with Crippen LogP contribution in [-0.2, 0) is 0 Å². The van der Waals surface area contributed by atoms with Crippen molar-refractivity contribution in [3.8, 4) is 0 Å². The molecule has 0 fully saturated rings. The van der Waals surface area contributed by atoms with Gasteiger partial charge in [-0.15, -0.1) is 11.6 Å². The van der Waals surface area contributed by atoms with Gasteiger partial charge in [-0.05, 0) is 19.3 Å². The Morgan fingerprint density at radius 1 is 1.43 bits per heavy atom. The van der Waals surface area contributed by atoms with Crippen molar-refractivity contribution in [3.63, 3.8) is 0 Å². The molecule has 0 unspecified atom stereocenters. The summed E-state index contributed by atoms with van der Waals surface area (Å²) in [6, 6.07) is 0. The van der Waals surface area contributed by atoms with Gasteiger partial charge in [0.15, 0.2) is 0 Å². The first-order valence-corrected chi connectivity index (χ1v) is 3.12. The van der Waals surface area contributed by atoms with E-state index < -0.39 is 0 Å². The third kappa shape index (κ3) is 1.52. The number of hydrogen-bond acceptors (Lipinski definition) is 0. The lowest BCUT2D eigenvalue weighted by molar-refractivity contribution is 0.739. The van der Waals surface area contributed by atoms with Crippen LogP contribution >= 0.6 is 11.6 Å². The first-order chi connectivity index (χ1) is 3.39. The van der Waals surface area contributed by atoms with E-state index in [9.17, 15) is 0 Å². The summed E-state index contributed by atoms with van der Waals surface area (Å²) in [6.45, 7) is 0. The zero-order valence-electron chi connectivity index (χ0n) is 4.23. The molecule has 1 atom stereocenters. The van der Waals surface area contributed by atoms with Crippen LogP contribution in [0.25, 0.3) is 0 Å². The van der Waals surface area contributed by atoms with Crippen LogP contribution in [0.15, 0.2) is 12.2 Å². The van der Waals surface area contributed by atoms with Crippen LogP contribution in [0.1, 0.15) is 19.3 Å². The van der Waals surface area contributed by atoms with Gasteiger partial charge in [0, 0.05) is 5.38 Å². The average molecular weight is 117 g/mol. The molecule has 0 saturated carbocycles. The van der Waals surface area contributed by atoms with Gasteiger partial charge in [-0.25, -0.2) is 0 Å². The van der Waals surface area contributed by atoms with Crippen LogP contribution in [0.2, 0.25) is 0 Å². The van der Waals surface area contributed by atoms with E-state index >= 15 is 0 Å². The highest BCUT2D eigenvalue weighted by atomic mass is 35.5. The lowest BCUT2D eigenvalue weighted by Crippen LogP contribution is -1.98. The molecule has 7 heavy (non-hydrogen) atoms. The Morgan fingerprint density at radius 3 is 2.57 bits per heavy atom. The number of hydrogen-bond donors (Lipinski definition) is 0. The summed E-state index contributed by atoms with van der Waals surface area (Å²) >= 11 is 5.77. The molecule has 0 saturated heterocycles. The van der Waals surface area contributed by atoms with Crippen molar-refractivity contribution in [1.82, 2.24) is 0 Å². The predicted molar refractivity (Wildman–Crippen MR) is 32.6 cm³/mol. The molecule has 0 aliphatic heterocycles. The molecule has 1 aliphatic carbocycles. The van der Waals surface area contributed by atoms with Gasteiger partial charge < -0.3 is 0 Å². The monoisotopic (exact) mass is 116 g/mol. The van der Waals surface area contributed by atoms with Crippen molar-refractivity contribution in [2.24, 2.45) is 0 Å². The topological polar surface area (TPSA) is 0 Å². The lowest BCUT2D eigenvalue weighted by Gasteiger charge is -2.07. The number of rotatable bonds is 0. The first-order valence-electron chi connectivity index (χ1n) is 2.68. The normalized spacial score (nSPS) is 30.7. The number of allylic oxidation sites excluding steroid dienone is 2. The zero-order chi connectivity index (χ0) is 5.11. The summed E-state index contributed by atoms with van der Waals surface area (Å²) in [5.74, 6) is 0. The molecule has 0 bridgehead atoms. The lowest BCUT2D eigenvalue weighted by atomic mass is 10.1. The van der Waals surface area contributed by atoms with E-state index in [-0.39, 0.29) is 0 Å². The molecule has 0 aromatic rings. The third-order valence-electron chi connectivity index (χ3n) is 1.21. The number of alkyl halides is 1. The Hall–Kier alpha value is 0.0300. The quantitative estimate of drug-likeness (QED) is 0.337. The molecule has 40 valence electrons. The Labute approximate surface area is 49.2 Å². The van der Waals surface area contributed by atoms with E-state index in [0.29, 0.717) is 5.38 Å². The fourth-order valence-electron chi connectivity index (χ4n) is 0.757. The standard InChI is InChI=1S/C6H9Cl/c7-6-4-2-1-3-5-6/h1-2,6H,3-5H2/t6-/m1/s1. The second-order valence-electron chi connectivity index (χ2n) is 1.88. The summed E-state index contributed by atoms with van der Waals surface area (Å²) in [5.41, 5.74) is 0. The highest BCUT2D eigenvalue weighted by Crippen LogP contribution is 2.15. The molecule has 0 N–H and O–H groups in total. The van der Waals surface area contributed by atoms with Crippen LogP contribution in [0.5, 0.6) is 0 Å². The highest BCUT2D eigenvalue weighted by molar-refractivity contribution is 6.20. The van der Waals surface area contributed by atoms with Crippen molar-refractivity contribution in [3.05, 3.63) is 12.2 Å². The summed E-state index contributed by atoms with van der Waals surface area (Å²) in [4.78, 5) is 0. The van der Waals surface area contributed by atoms with Crippen molar-refractivity contribution in [2.75, 3.05) is 0 Å². The first kappa shape index (κ1) is 5.17. The maximum atomic E-state index is 5.77. The SMILES string of the molecule is Cl[C@@H]1CC=CCC1. The molecule has 0 aromatic heterocycles. The fraction of sp³-hybridized carbons (Fsp3) is 0.667. The molecule has 1 aliphatic rings. The van der Waals surface area contributed by atoms with Crippen molar-refractivity contribution in [2.45, 2.75) is 24.6 Å². The minimum atomic E-state index is 0.421. The second-order valence-corrected chi connectivity index (χ2v) is 2.50. The van der Waals surface area contributed by atoms with Gasteiger partial charge in [-0.2, -0.15) is 0 Å². The number of halogens is 1. The molecular formula is C6H9Cl.